The van der Waals surface area contributed by atoms with E-state index in [1.165, 1.54) is 28.6 Å². The van der Waals surface area contributed by atoms with Crippen LogP contribution in [0.15, 0.2) is 65.8 Å². The molecule has 0 atom stereocenters. The van der Waals surface area contributed by atoms with Crippen LogP contribution >= 0.6 is 0 Å². The molecule has 0 aliphatic carbocycles. The summed E-state index contributed by atoms with van der Waals surface area (Å²) in [5.41, 5.74) is 1.42. The monoisotopic (exact) mass is 477 g/mol. The number of anilines is 1. The van der Waals surface area contributed by atoms with Crippen LogP contribution in [0.25, 0.3) is 0 Å². The van der Waals surface area contributed by atoms with E-state index in [4.69, 9.17) is 5.26 Å². The van der Waals surface area contributed by atoms with E-state index in [1.54, 1.807) is 48.3 Å². The number of amides is 1. The first-order valence-electron chi connectivity index (χ1n) is 10.7. The molecule has 0 radical (unpaired) electrons. The molecule has 0 saturated carbocycles. The quantitative estimate of drug-likeness (QED) is 0.544. The predicted octanol–water partition coefficient (Wildman–Crippen LogP) is 2.56. The number of sulfonamides is 1. The fraction of sp³-hybridized carbons (Fsp3) is 0.250. The Bertz CT molecular complexity index is 1350. The van der Waals surface area contributed by atoms with Gasteiger partial charge in [0.05, 0.1) is 16.5 Å². The summed E-state index contributed by atoms with van der Waals surface area (Å²) >= 11 is 0. The van der Waals surface area contributed by atoms with Gasteiger partial charge in [-0.25, -0.2) is 13.4 Å². The Labute approximate surface area is 197 Å². The maximum Gasteiger partial charge on any atom is 0.243 e. The number of carbonyl (C=O) groups is 2. The van der Waals surface area contributed by atoms with Crippen LogP contribution in [0.1, 0.15) is 34.6 Å². The summed E-state index contributed by atoms with van der Waals surface area (Å²) in [6.45, 7) is 0.467. The summed E-state index contributed by atoms with van der Waals surface area (Å²) in [5, 5.41) is 11.7. The van der Waals surface area contributed by atoms with Crippen molar-refractivity contribution in [2.75, 3.05) is 18.4 Å². The molecule has 9 nitrogen and oxygen atoms in total. The first kappa shape index (κ1) is 23.4. The molecule has 3 aromatic rings. The molecule has 34 heavy (non-hydrogen) atoms. The molecule has 1 fully saturated rings. The normalized spacial score (nSPS) is 14.9. The van der Waals surface area contributed by atoms with Crippen molar-refractivity contribution < 1.29 is 18.0 Å². The van der Waals surface area contributed by atoms with Crippen LogP contribution in [0.3, 0.4) is 0 Å². The van der Waals surface area contributed by atoms with Crippen LogP contribution in [0.5, 0.6) is 0 Å². The molecule has 0 spiro atoms. The Morgan fingerprint density at radius 2 is 1.71 bits per heavy atom. The lowest BCUT2D eigenvalue weighted by molar-refractivity contribution is -0.120. The molecule has 1 saturated heterocycles. The van der Waals surface area contributed by atoms with Gasteiger partial charge in [-0.05, 0) is 61.4 Å². The van der Waals surface area contributed by atoms with E-state index in [1.807, 2.05) is 6.07 Å². The number of nitrogens with one attached hydrogen (secondary N) is 1. The number of nitrogens with zero attached hydrogens (tertiary/aromatic N) is 4. The molecular formula is C24H23N5O4S. The zero-order chi connectivity index (χ0) is 24.3. The van der Waals surface area contributed by atoms with Crippen LogP contribution in [0.2, 0.25) is 0 Å². The van der Waals surface area contributed by atoms with E-state index in [-0.39, 0.29) is 35.6 Å². The number of piperidine rings is 1. The molecular weight excluding hydrogens is 454 g/mol. The molecule has 2 heterocycles. The van der Waals surface area contributed by atoms with E-state index in [9.17, 15) is 18.0 Å². The molecule has 174 valence electrons. The van der Waals surface area contributed by atoms with Crippen molar-refractivity contribution in [1.82, 2.24) is 13.9 Å². The predicted molar refractivity (Wildman–Crippen MR) is 124 cm³/mol. The summed E-state index contributed by atoms with van der Waals surface area (Å²) in [5.74, 6) is -0.374. The minimum Gasteiger partial charge on any atom is -0.331 e. The van der Waals surface area contributed by atoms with Gasteiger partial charge in [0.25, 0.3) is 0 Å². The van der Waals surface area contributed by atoms with Crippen molar-refractivity contribution in [3.05, 3.63) is 77.9 Å². The van der Waals surface area contributed by atoms with Gasteiger partial charge in [0.1, 0.15) is 0 Å². The lowest BCUT2D eigenvalue weighted by Crippen LogP contribution is -2.41. The molecule has 4 rings (SSSR count). The molecule has 0 bridgehead atoms. The zero-order valence-electron chi connectivity index (χ0n) is 18.5. The highest BCUT2D eigenvalue weighted by molar-refractivity contribution is 7.89. The Hall–Kier alpha value is -3.81. The van der Waals surface area contributed by atoms with E-state index in [0.29, 0.717) is 35.5 Å². The van der Waals surface area contributed by atoms with Gasteiger partial charge in [-0.15, -0.1) is 0 Å². The number of aryl methyl sites for hydroxylation is 1. The SMILES string of the molecule is Cn1ccnc1C(=O)c1ccc(NC(=O)C2CCN(S(=O)(=O)c3ccc(C#N)cc3)CC2)cc1. The van der Waals surface area contributed by atoms with E-state index < -0.39 is 10.0 Å². The summed E-state index contributed by atoms with van der Waals surface area (Å²) in [7, 11) is -1.93. The van der Waals surface area contributed by atoms with Crippen molar-refractivity contribution in [3.63, 3.8) is 0 Å². The Morgan fingerprint density at radius 3 is 2.26 bits per heavy atom. The molecule has 1 aliphatic rings. The number of imidazole rings is 1. The lowest BCUT2D eigenvalue weighted by Gasteiger charge is -2.30. The second kappa shape index (κ2) is 9.59. The second-order valence-electron chi connectivity index (χ2n) is 8.07. The minimum absolute atomic E-state index is 0.134. The maximum atomic E-state index is 12.9. The van der Waals surface area contributed by atoms with Gasteiger partial charge in [-0.1, -0.05) is 0 Å². The van der Waals surface area contributed by atoms with E-state index in [0.717, 1.165) is 0 Å². The van der Waals surface area contributed by atoms with Gasteiger partial charge in [-0.2, -0.15) is 9.57 Å². The zero-order valence-corrected chi connectivity index (χ0v) is 19.3. The number of nitriles is 1. The fourth-order valence-corrected chi connectivity index (χ4v) is 5.34. The number of benzene rings is 2. The minimum atomic E-state index is -3.68. The number of hydrogen-bond donors (Lipinski definition) is 1. The van der Waals surface area contributed by atoms with Crippen LogP contribution in [0.4, 0.5) is 5.69 Å². The summed E-state index contributed by atoms with van der Waals surface area (Å²) in [6.07, 6.45) is 4.06. The van der Waals surface area contributed by atoms with Crippen molar-refractivity contribution in [1.29, 1.82) is 5.26 Å². The topological polar surface area (TPSA) is 125 Å². The first-order valence-corrected chi connectivity index (χ1v) is 12.2. The highest BCUT2D eigenvalue weighted by Crippen LogP contribution is 2.25. The third-order valence-electron chi connectivity index (χ3n) is 5.88. The van der Waals surface area contributed by atoms with Crippen LogP contribution in [0, 0.1) is 17.2 Å². The third-order valence-corrected chi connectivity index (χ3v) is 7.80. The van der Waals surface area contributed by atoms with Crippen molar-refractivity contribution in [2.45, 2.75) is 17.7 Å². The van der Waals surface area contributed by atoms with Crippen molar-refractivity contribution in [3.8, 4) is 6.07 Å². The Morgan fingerprint density at radius 1 is 1.06 bits per heavy atom. The van der Waals surface area contributed by atoms with Crippen LogP contribution in [-0.2, 0) is 21.9 Å². The van der Waals surface area contributed by atoms with Gasteiger partial charge >= 0.3 is 0 Å². The molecule has 1 aromatic heterocycles. The number of carbonyl (C=O) groups excluding carboxylic acids is 2. The number of aromatic nitrogens is 2. The Balaban J connectivity index is 1.34. The highest BCUT2D eigenvalue weighted by atomic mass is 32.2. The molecule has 2 aromatic carbocycles. The first-order chi connectivity index (χ1) is 16.3. The average molecular weight is 478 g/mol. The molecule has 0 unspecified atom stereocenters. The van der Waals surface area contributed by atoms with Gasteiger partial charge in [0.15, 0.2) is 5.82 Å². The summed E-state index contributed by atoms with van der Waals surface area (Å²) in [6, 6.07) is 14.4. The number of rotatable bonds is 6. The number of ketones is 1. The van der Waals surface area contributed by atoms with Gasteiger partial charge < -0.3 is 9.88 Å². The largest absolute Gasteiger partial charge is 0.331 e. The Kier molecular flexibility index (Phi) is 6.58. The van der Waals surface area contributed by atoms with Gasteiger partial charge in [0.2, 0.25) is 21.7 Å². The third kappa shape index (κ3) is 4.76. The average Bonchev–Trinajstić information content (AvgIpc) is 3.30. The number of hydrogen-bond acceptors (Lipinski definition) is 6. The standard InChI is InChI=1S/C24H23N5O4S/c1-28-15-12-26-23(28)22(30)18-4-6-20(7-5-18)27-24(31)19-10-13-29(14-11-19)34(32,33)21-8-2-17(16-25)3-9-21/h2-9,12,15,19H,10-11,13-14H2,1H3,(H,27,31). The molecule has 1 N–H and O–H groups in total. The molecule has 1 aliphatic heterocycles. The summed E-state index contributed by atoms with van der Waals surface area (Å²) < 4.78 is 28.7. The maximum absolute atomic E-state index is 12.9. The molecule has 1 amide bonds. The smallest absolute Gasteiger partial charge is 0.243 e. The van der Waals surface area contributed by atoms with Gasteiger partial charge in [-0.3, -0.25) is 9.59 Å². The lowest BCUT2D eigenvalue weighted by atomic mass is 9.97. The van der Waals surface area contributed by atoms with E-state index >= 15 is 0 Å². The fourth-order valence-electron chi connectivity index (χ4n) is 3.87. The van der Waals surface area contributed by atoms with Crippen molar-refractivity contribution >= 4 is 27.4 Å². The van der Waals surface area contributed by atoms with Crippen LogP contribution in [-0.4, -0.2) is 47.1 Å². The van der Waals surface area contributed by atoms with Crippen molar-refractivity contribution in [2.24, 2.45) is 13.0 Å². The van der Waals surface area contributed by atoms with Crippen LogP contribution < -0.4 is 5.32 Å². The van der Waals surface area contributed by atoms with E-state index in [2.05, 4.69) is 10.3 Å². The second-order valence-corrected chi connectivity index (χ2v) is 10.0. The summed E-state index contributed by atoms with van der Waals surface area (Å²) in [4.78, 5) is 29.4. The molecule has 10 heteroatoms. The van der Waals surface area contributed by atoms with Gasteiger partial charge in [0, 0.05) is 49.7 Å². The highest BCUT2D eigenvalue weighted by Gasteiger charge is 2.32.